The number of hydrogen-bond donors (Lipinski definition) is 1. The second kappa shape index (κ2) is 6.63. The summed E-state index contributed by atoms with van der Waals surface area (Å²) in [5.41, 5.74) is 2.13. The van der Waals surface area contributed by atoms with E-state index in [-0.39, 0.29) is 5.69 Å². The van der Waals surface area contributed by atoms with Crippen LogP contribution in [0.25, 0.3) is 0 Å². The molecular weight excluding hydrogens is 317 g/mol. The number of nitrogens with one attached hydrogen (secondary N) is 1. The van der Waals surface area contributed by atoms with Gasteiger partial charge < -0.3 is 5.32 Å². The SMILES string of the molecule is C[C@@H](C(=O)Nc1ccc(F)c(F)c1F)[n+]1ccc2c(c1)CCCC2. The minimum Gasteiger partial charge on any atom is -0.318 e. The van der Waals surface area contributed by atoms with Crippen LogP contribution >= 0.6 is 0 Å². The molecule has 1 aliphatic rings. The third-order valence-electron chi connectivity index (χ3n) is 4.43. The smallest absolute Gasteiger partial charge is 0.293 e. The van der Waals surface area contributed by atoms with Crippen LogP contribution in [0.3, 0.4) is 0 Å². The second-order valence-electron chi connectivity index (χ2n) is 6.04. The van der Waals surface area contributed by atoms with E-state index in [1.807, 2.05) is 18.5 Å². The molecule has 0 radical (unpaired) electrons. The van der Waals surface area contributed by atoms with Gasteiger partial charge in [-0.15, -0.1) is 0 Å². The normalized spacial score (nSPS) is 14.8. The van der Waals surface area contributed by atoms with Gasteiger partial charge in [-0.3, -0.25) is 4.79 Å². The first-order valence-electron chi connectivity index (χ1n) is 7.94. The molecule has 0 fully saturated rings. The molecule has 0 bridgehead atoms. The first-order valence-corrected chi connectivity index (χ1v) is 7.94. The highest BCUT2D eigenvalue weighted by Gasteiger charge is 2.25. The van der Waals surface area contributed by atoms with Crippen LogP contribution in [0.15, 0.2) is 30.6 Å². The number of aryl methyl sites for hydroxylation is 2. The number of fused-ring (bicyclic) bond motifs is 1. The predicted molar refractivity (Wildman–Crippen MR) is 82.9 cm³/mol. The fourth-order valence-corrected chi connectivity index (χ4v) is 2.92. The number of nitrogens with zero attached hydrogens (tertiary/aromatic N) is 1. The van der Waals surface area contributed by atoms with Crippen molar-refractivity contribution in [3.8, 4) is 0 Å². The number of anilines is 1. The van der Waals surface area contributed by atoms with Crippen molar-refractivity contribution < 1.29 is 22.5 Å². The van der Waals surface area contributed by atoms with Gasteiger partial charge in [-0.1, -0.05) is 0 Å². The molecule has 0 saturated carbocycles. The molecule has 3 nitrogen and oxygen atoms in total. The number of halogens is 3. The Morgan fingerprint density at radius 2 is 1.79 bits per heavy atom. The van der Waals surface area contributed by atoms with Crippen LogP contribution in [0, 0.1) is 17.5 Å². The number of aromatic nitrogens is 1. The highest BCUT2D eigenvalue weighted by Crippen LogP contribution is 2.21. The third-order valence-corrected chi connectivity index (χ3v) is 4.43. The van der Waals surface area contributed by atoms with Gasteiger partial charge in [-0.05, 0) is 43.4 Å². The van der Waals surface area contributed by atoms with Gasteiger partial charge in [0.2, 0.25) is 6.04 Å². The first kappa shape index (κ1) is 16.5. The molecule has 3 rings (SSSR count). The summed E-state index contributed by atoms with van der Waals surface area (Å²) < 4.78 is 41.6. The summed E-state index contributed by atoms with van der Waals surface area (Å²) >= 11 is 0. The standard InChI is InChI=1S/C18H17F3N2O/c1-11(23-9-8-12-4-2-3-5-13(12)10-23)18(24)22-15-7-6-14(19)16(20)17(15)21/h6-11H,2-5H2,1H3/p+1/t11-/m0/s1. The number of rotatable bonds is 3. The zero-order chi connectivity index (χ0) is 17.3. The topological polar surface area (TPSA) is 33.0 Å². The molecule has 1 atom stereocenters. The van der Waals surface area contributed by atoms with Crippen LogP contribution in [-0.2, 0) is 17.6 Å². The van der Waals surface area contributed by atoms with Crippen LogP contribution in [0.1, 0.15) is 36.9 Å². The van der Waals surface area contributed by atoms with Crippen molar-refractivity contribution >= 4 is 11.6 Å². The van der Waals surface area contributed by atoms with E-state index in [0.717, 1.165) is 31.4 Å². The Labute approximate surface area is 138 Å². The van der Waals surface area contributed by atoms with Gasteiger partial charge in [0.05, 0.1) is 5.69 Å². The minimum absolute atomic E-state index is 0.371. The summed E-state index contributed by atoms with van der Waals surface area (Å²) in [5, 5.41) is 2.32. The van der Waals surface area contributed by atoms with Gasteiger partial charge in [0.15, 0.2) is 29.8 Å². The maximum atomic E-state index is 13.7. The molecule has 1 N–H and O–H groups in total. The molecular formula is C18H18F3N2O+. The van der Waals surface area contributed by atoms with E-state index in [9.17, 15) is 18.0 Å². The quantitative estimate of drug-likeness (QED) is 0.676. The molecule has 1 amide bonds. The van der Waals surface area contributed by atoms with E-state index in [1.165, 1.54) is 17.5 Å². The van der Waals surface area contributed by atoms with Gasteiger partial charge in [-0.2, -0.15) is 4.57 Å². The highest BCUT2D eigenvalue weighted by atomic mass is 19.2. The summed E-state index contributed by atoms with van der Waals surface area (Å²) in [5.74, 6) is -4.78. The molecule has 1 aromatic carbocycles. The van der Waals surface area contributed by atoms with E-state index < -0.39 is 29.4 Å². The molecule has 6 heteroatoms. The van der Waals surface area contributed by atoms with Crippen LogP contribution in [-0.4, -0.2) is 5.91 Å². The fourth-order valence-electron chi connectivity index (χ4n) is 2.92. The summed E-state index contributed by atoms with van der Waals surface area (Å²) in [4.78, 5) is 12.3. The lowest BCUT2D eigenvalue weighted by molar-refractivity contribution is -0.706. The fraction of sp³-hybridized carbons (Fsp3) is 0.333. The lowest BCUT2D eigenvalue weighted by Crippen LogP contribution is -2.44. The van der Waals surface area contributed by atoms with Crippen molar-refractivity contribution in [2.24, 2.45) is 0 Å². The third kappa shape index (κ3) is 3.13. The summed E-state index contributed by atoms with van der Waals surface area (Å²) in [6, 6.07) is 3.18. The van der Waals surface area contributed by atoms with E-state index in [2.05, 4.69) is 5.32 Å². The molecule has 0 aliphatic heterocycles. The maximum absolute atomic E-state index is 13.7. The molecule has 1 aliphatic carbocycles. The average molecular weight is 335 g/mol. The van der Waals surface area contributed by atoms with Crippen LogP contribution in [0.2, 0.25) is 0 Å². The maximum Gasteiger partial charge on any atom is 0.293 e. The van der Waals surface area contributed by atoms with Gasteiger partial charge in [-0.25, -0.2) is 13.2 Å². The van der Waals surface area contributed by atoms with Gasteiger partial charge in [0.25, 0.3) is 5.91 Å². The van der Waals surface area contributed by atoms with Crippen LogP contribution in [0.5, 0.6) is 0 Å². The van der Waals surface area contributed by atoms with E-state index in [4.69, 9.17) is 0 Å². The molecule has 126 valence electrons. The lowest BCUT2D eigenvalue weighted by Gasteiger charge is -2.15. The minimum atomic E-state index is -1.60. The van der Waals surface area contributed by atoms with Gasteiger partial charge in [0.1, 0.15) is 0 Å². The Bertz CT molecular complexity index is 792. The van der Waals surface area contributed by atoms with Crippen molar-refractivity contribution in [2.75, 3.05) is 5.32 Å². The molecule has 1 aromatic heterocycles. The number of benzene rings is 1. The lowest BCUT2D eigenvalue weighted by atomic mass is 9.93. The summed E-state index contributed by atoms with van der Waals surface area (Å²) in [6.45, 7) is 1.67. The van der Waals surface area contributed by atoms with Gasteiger partial charge >= 0.3 is 0 Å². The van der Waals surface area contributed by atoms with E-state index in [1.54, 1.807) is 11.5 Å². The Morgan fingerprint density at radius 1 is 1.08 bits per heavy atom. The van der Waals surface area contributed by atoms with Crippen molar-refractivity contribution in [2.45, 2.75) is 38.6 Å². The van der Waals surface area contributed by atoms with Crippen molar-refractivity contribution in [1.82, 2.24) is 0 Å². The number of carbonyl (C=O) groups excluding carboxylic acids is 1. The molecule has 0 spiro atoms. The molecule has 0 saturated heterocycles. The Morgan fingerprint density at radius 3 is 2.54 bits per heavy atom. The Hall–Kier alpha value is -2.37. The van der Waals surface area contributed by atoms with Gasteiger partial charge in [0, 0.05) is 18.6 Å². The summed E-state index contributed by atoms with van der Waals surface area (Å²) in [7, 11) is 0. The Kier molecular flexibility index (Phi) is 4.55. The van der Waals surface area contributed by atoms with E-state index >= 15 is 0 Å². The van der Waals surface area contributed by atoms with Crippen LogP contribution in [0.4, 0.5) is 18.9 Å². The first-order chi connectivity index (χ1) is 11.5. The largest absolute Gasteiger partial charge is 0.318 e. The molecule has 0 unspecified atom stereocenters. The zero-order valence-electron chi connectivity index (χ0n) is 13.3. The number of hydrogen-bond acceptors (Lipinski definition) is 1. The predicted octanol–water partition coefficient (Wildman–Crippen LogP) is 3.47. The second-order valence-corrected chi connectivity index (χ2v) is 6.04. The Balaban J connectivity index is 1.79. The average Bonchev–Trinajstić information content (AvgIpc) is 2.61. The molecule has 1 heterocycles. The summed E-state index contributed by atoms with van der Waals surface area (Å²) in [6.07, 6.45) is 8.05. The number of pyridine rings is 1. The van der Waals surface area contributed by atoms with Crippen molar-refractivity contribution in [1.29, 1.82) is 0 Å². The highest BCUT2D eigenvalue weighted by molar-refractivity contribution is 5.92. The zero-order valence-corrected chi connectivity index (χ0v) is 13.3. The van der Waals surface area contributed by atoms with Crippen molar-refractivity contribution in [3.05, 3.63) is 59.2 Å². The number of carbonyl (C=O) groups is 1. The van der Waals surface area contributed by atoms with Crippen molar-refractivity contribution in [3.63, 3.8) is 0 Å². The van der Waals surface area contributed by atoms with E-state index in [0.29, 0.717) is 0 Å². The van der Waals surface area contributed by atoms with Crippen LogP contribution < -0.4 is 9.88 Å². The number of amides is 1. The molecule has 24 heavy (non-hydrogen) atoms. The monoisotopic (exact) mass is 335 g/mol. The molecule has 2 aromatic rings.